The van der Waals surface area contributed by atoms with Crippen molar-refractivity contribution in [3.8, 4) is 0 Å². The number of carbonyl (C=O) groups is 3. The van der Waals surface area contributed by atoms with Crippen LogP contribution >= 0.6 is 11.6 Å². The van der Waals surface area contributed by atoms with Gasteiger partial charge in [-0.15, -0.1) is 0 Å². The third kappa shape index (κ3) is 9.24. The number of alkyl carbamates (subject to hydrolysis) is 1. The Bertz CT molecular complexity index is 1150. The molecule has 1 heterocycles. The smallest absolute Gasteiger partial charge is 0.408 e. The Balaban J connectivity index is 1.77. The lowest BCUT2D eigenvalue weighted by atomic mass is 9.82. The molecule has 1 aromatic carbocycles. The van der Waals surface area contributed by atoms with Gasteiger partial charge in [0.15, 0.2) is 11.2 Å². The van der Waals surface area contributed by atoms with Gasteiger partial charge in [-0.25, -0.2) is 4.79 Å². The number of carbonyl (C=O) groups excluding carboxylic acids is 3. The number of halogens is 1. The Labute approximate surface area is 225 Å². The van der Waals surface area contributed by atoms with E-state index in [9.17, 15) is 32.5 Å². The molecule has 1 saturated carbocycles. The molecule has 1 aliphatic carbocycles. The van der Waals surface area contributed by atoms with Gasteiger partial charge in [-0.2, -0.15) is 8.42 Å². The molecule has 0 aromatic heterocycles. The van der Waals surface area contributed by atoms with E-state index >= 15 is 0 Å². The second-order valence-electron chi connectivity index (χ2n) is 9.79. The maximum Gasteiger partial charge on any atom is 0.408 e. The largest absolute Gasteiger partial charge is 0.445 e. The van der Waals surface area contributed by atoms with Crippen molar-refractivity contribution in [3.63, 3.8) is 0 Å². The van der Waals surface area contributed by atoms with Gasteiger partial charge in [0, 0.05) is 29.8 Å². The van der Waals surface area contributed by atoms with Crippen LogP contribution in [-0.4, -0.2) is 53.9 Å². The third-order valence-electron chi connectivity index (χ3n) is 6.98. The summed E-state index contributed by atoms with van der Waals surface area (Å²) in [5, 5.41) is 15.6. The van der Waals surface area contributed by atoms with Crippen LogP contribution in [0.2, 0.25) is 5.02 Å². The molecule has 1 unspecified atom stereocenters. The molecule has 0 bridgehead atoms. The number of aliphatic hydroxyl groups is 1. The standard InChI is InChI=1S/C25H35ClN2O8S/c26-20-8-4-7-17(11-20)15-36-25(32)28-21(12-16-5-2-1-3-6-16)22(29)14-19(24(31)37(33,34)35)13-18-9-10-27-23(18)30/h4,7-8,11,16,18-19,21,24,31H,1-3,5-6,9-10,12-15H2,(H,27,30)(H,28,32)(H,33,34,35)/t18-,19+,21-,24?/m0/s1/i15D2. The average Bonchev–Trinajstić information content (AvgIpc) is 3.26. The first kappa shape index (κ1) is 26.4. The van der Waals surface area contributed by atoms with E-state index in [-0.39, 0.29) is 35.3 Å². The van der Waals surface area contributed by atoms with Crippen LogP contribution in [0, 0.1) is 17.8 Å². The monoisotopic (exact) mass is 560 g/mol. The van der Waals surface area contributed by atoms with Crippen molar-refractivity contribution in [2.75, 3.05) is 6.54 Å². The Hall–Kier alpha value is -2.21. The van der Waals surface area contributed by atoms with E-state index in [0.717, 1.165) is 32.1 Å². The molecule has 2 aliphatic rings. The second-order valence-corrected chi connectivity index (χ2v) is 11.7. The van der Waals surface area contributed by atoms with Crippen LogP contribution in [0.5, 0.6) is 0 Å². The van der Waals surface area contributed by atoms with E-state index in [0.29, 0.717) is 13.0 Å². The summed E-state index contributed by atoms with van der Waals surface area (Å²) < 4.78 is 54.3. The molecule has 4 N–H and O–H groups in total. The van der Waals surface area contributed by atoms with Crippen molar-refractivity contribution in [1.29, 1.82) is 0 Å². The Morgan fingerprint density at radius 1 is 1.22 bits per heavy atom. The highest BCUT2D eigenvalue weighted by molar-refractivity contribution is 7.86. The lowest BCUT2D eigenvalue weighted by molar-refractivity contribution is -0.125. The van der Waals surface area contributed by atoms with Crippen molar-refractivity contribution in [2.24, 2.45) is 17.8 Å². The summed E-state index contributed by atoms with van der Waals surface area (Å²) in [5.41, 5.74) is -2.31. The zero-order valence-electron chi connectivity index (χ0n) is 22.4. The number of Topliss-reactive ketones (excluding diaryl/α,β-unsaturated/α-hetero) is 1. The van der Waals surface area contributed by atoms with E-state index < -0.39 is 58.3 Å². The van der Waals surface area contributed by atoms with E-state index in [1.54, 1.807) is 0 Å². The summed E-state index contributed by atoms with van der Waals surface area (Å²) in [4.78, 5) is 38.3. The van der Waals surface area contributed by atoms with E-state index in [1.807, 2.05) is 0 Å². The number of ether oxygens (including phenoxy) is 1. The molecule has 0 radical (unpaired) electrons. The van der Waals surface area contributed by atoms with Gasteiger partial charge >= 0.3 is 6.09 Å². The predicted molar refractivity (Wildman–Crippen MR) is 136 cm³/mol. The zero-order chi connectivity index (χ0) is 28.8. The number of benzene rings is 1. The molecule has 1 saturated heterocycles. The van der Waals surface area contributed by atoms with Crippen molar-refractivity contribution in [3.05, 3.63) is 34.9 Å². The van der Waals surface area contributed by atoms with Crippen LogP contribution in [-0.2, 0) is 31.0 Å². The van der Waals surface area contributed by atoms with Gasteiger partial charge in [-0.3, -0.25) is 14.1 Å². The molecule has 10 nitrogen and oxygen atoms in total. The first-order chi connectivity index (χ1) is 18.3. The number of ketones is 1. The average molecular weight is 561 g/mol. The number of hydrogen-bond acceptors (Lipinski definition) is 7. The van der Waals surface area contributed by atoms with Crippen molar-refractivity contribution in [2.45, 2.75) is 75.8 Å². The van der Waals surface area contributed by atoms with E-state index in [4.69, 9.17) is 19.1 Å². The van der Waals surface area contributed by atoms with Crippen LogP contribution in [0.3, 0.4) is 0 Å². The first-order valence-corrected chi connectivity index (χ1v) is 14.3. The highest BCUT2D eigenvalue weighted by Gasteiger charge is 2.38. The number of hydrogen-bond donors (Lipinski definition) is 4. The molecule has 12 heteroatoms. The van der Waals surface area contributed by atoms with Gasteiger partial charge in [0.05, 0.1) is 8.78 Å². The molecule has 37 heavy (non-hydrogen) atoms. The first-order valence-electron chi connectivity index (χ1n) is 13.5. The predicted octanol–water partition coefficient (Wildman–Crippen LogP) is 3.21. The van der Waals surface area contributed by atoms with Crippen molar-refractivity contribution >= 4 is 39.5 Å². The summed E-state index contributed by atoms with van der Waals surface area (Å²) in [6.07, 6.45) is 3.31. The molecule has 1 aromatic rings. The normalized spacial score (nSPS) is 22.2. The van der Waals surface area contributed by atoms with Gasteiger partial charge in [0.2, 0.25) is 5.91 Å². The summed E-state index contributed by atoms with van der Waals surface area (Å²) in [7, 11) is -4.94. The summed E-state index contributed by atoms with van der Waals surface area (Å²) in [6.45, 7) is -2.19. The minimum atomic E-state index is -4.94. The van der Waals surface area contributed by atoms with Gasteiger partial charge in [0.25, 0.3) is 10.1 Å². The lowest BCUT2D eigenvalue weighted by Crippen LogP contribution is -2.44. The lowest BCUT2D eigenvalue weighted by Gasteiger charge is -2.28. The maximum absolute atomic E-state index is 13.5. The fourth-order valence-corrected chi connectivity index (χ4v) is 5.92. The Morgan fingerprint density at radius 3 is 2.57 bits per heavy atom. The number of aliphatic hydroxyl groups excluding tert-OH is 1. The van der Waals surface area contributed by atoms with Crippen LogP contribution in [0.1, 0.15) is 66.1 Å². The van der Waals surface area contributed by atoms with E-state index in [2.05, 4.69) is 10.6 Å². The van der Waals surface area contributed by atoms with Crippen molar-refractivity contribution in [1.82, 2.24) is 10.6 Å². The molecule has 4 atom stereocenters. The van der Waals surface area contributed by atoms with Gasteiger partial charge < -0.3 is 20.5 Å². The van der Waals surface area contributed by atoms with Gasteiger partial charge in [-0.05, 0) is 42.9 Å². The highest BCUT2D eigenvalue weighted by Crippen LogP contribution is 2.30. The molecule has 0 spiro atoms. The fourth-order valence-electron chi connectivity index (χ4n) is 5.04. The van der Waals surface area contributed by atoms with Gasteiger partial charge in [-0.1, -0.05) is 55.8 Å². The van der Waals surface area contributed by atoms with Crippen LogP contribution < -0.4 is 10.6 Å². The van der Waals surface area contributed by atoms with Crippen LogP contribution in [0.25, 0.3) is 0 Å². The van der Waals surface area contributed by atoms with E-state index in [1.165, 1.54) is 24.3 Å². The summed E-state index contributed by atoms with van der Waals surface area (Å²) >= 11 is 5.92. The molecule has 1 aliphatic heterocycles. The summed E-state index contributed by atoms with van der Waals surface area (Å²) in [5.74, 6) is -2.81. The Kier molecular flexibility index (Phi) is 9.66. The van der Waals surface area contributed by atoms with Crippen LogP contribution in [0.4, 0.5) is 4.79 Å². The topological polar surface area (TPSA) is 159 Å². The van der Waals surface area contributed by atoms with Crippen LogP contribution in [0.15, 0.2) is 24.3 Å². The van der Waals surface area contributed by atoms with Gasteiger partial charge in [0.1, 0.15) is 6.56 Å². The molecule has 2 fully saturated rings. The second kappa shape index (κ2) is 13.5. The molecular weight excluding hydrogens is 524 g/mol. The SMILES string of the molecule is [2H]C([2H])(OC(=O)N[C@@H](CC1CCCCC1)C(=O)C[C@@H](C[C@@H]1CCNC1=O)C(O)S(=O)(=O)O)c1cccc(Cl)c1. The number of amides is 2. The number of nitrogens with one attached hydrogen (secondary N) is 2. The molecule has 2 amide bonds. The summed E-state index contributed by atoms with van der Waals surface area (Å²) in [6, 6.07) is 4.57. The minimum absolute atomic E-state index is 0.00788. The molecular formula is C25H35ClN2O8S. The minimum Gasteiger partial charge on any atom is -0.445 e. The zero-order valence-corrected chi connectivity index (χ0v) is 22.0. The number of rotatable bonds is 12. The third-order valence-corrected chi connectivity index (χ3v) is 8.21. The highest BCUT2D eigenvalue weighted by atomic mass is 35.5. The fraction of sp³-hybridized carbons (Fsp3) is 0.640. The molecule has 206 valence electrons. The quantitative estimate of drug-likeness (QED) is 0.283. The van der Waals surface area contributed by atoms with Crippen molar-refractivity contribution < 1.29 is 39.9 Å². The molecule has 3 rings (SSSR count). The Morgan fingerprint density at radius 2 is 1.95 bits per heavy atom. The maximum atomic E-state index is 13.5.